The second-order valence-corrected chi connectivity index (χ2v) is 6.18. The number of amides is 2. The molecular formula is C17H19ClF3N5O. The van der Waals surface area contributed by atoms with Crippen LogP contribution in [0.4, 0.5) is 35.4 Å². The van der Waals surface area contributed by atoms with E-state index in [-0.39, 0.29) is 11.6 Å². The minimum absolute atomic E-state index is 0.0384. The molecule has 10 heteroatoms. The van der Waals surface area contributed by atoms with Gasteiger partial charge in [-0.05, 0) is 31.5 Å². The summed E-state index contributed by atoms with van der Waals surface area (Å²) >= 11 is 5.56. The Hall–Kier alpha value is -2.55. The van der Waals surface area contributed by atoms with Gasteiger partial charge in [0.1, 0.15) is 5.82 Å². The van der Waals surface area contributed by atoms with Gasteiger partial charge in [-0.1, -0.05) is 24.9 Å². The van der Waals surface area contributed by atoms with Crippen molar-refractivity contribution in [3.05, 3.63) is 40.5 Å². The smallest absolute Gasteiger partial charge is 0.370 e. The molecule has 0 atom stereocenters. The molecule has 0 fully saturated rings. The lowest BCUT2D eigenvalue weighted by molar-refractivity contribution is -0.137. The van der Waals surface area contributed by atoms with E-state index in [1.165, 1.54) is 6.07 Å². The number of alkyl halides is 3. The summed E-state index contributed by atoms with van der Waals surface area (Å²) in [4.78, 5) is 20.3. The molecule has 0 aliphatic heterocycles. The van der Waals surface area contributed by atoms with Crippen LogP contribution in [0.15, 0.2) is 24.3 Å². The molecule has 1 aromatic heterocycles. The highest BCUT2D eigenvalue weighted by atomic mass is 35.5. The van der Waals surface area contributed by atoms with Crippen LogP contribution in [0, 0.1) is 6.92 Å². The van der Waals surface area contributed by atoms with Gasteiger partial charge >= 0.3 is 12.2 Å². The van der Waals surface area contributed by atoms with Crippen molar-refractivity contribution in [3.63, 3.8) is 0 Å². The van der Waals surface area contributed by atoms with Gasteiger partial charge in [0.05, 0.1) is 10.6 Å². The number of benzene rings is 1. The van der Waals surface area contributed by atoms with Crippen LogP contribution < -0.4 is 16.0 Å². The maximum absolute atomic E-state index is 12.9. The maximum atomic E-state index is 12.9. The molecule has 0 aliphatic rings. The monoisotopic (exact) mass is 401 g/mol. The number of hydrogen-bond donors (Lipinski definition) is 3. The average molecular weight is 402 g/mol. The van der Waals surface area contributed by atoms with Gasteiger partial charge in [0.25, 0.3) is 0 Å². The Morgan fingerprint density at radius 2 is 1.93 bits per heavy atom. The summed E-state index contributed by atoms with van der Waals surface area (Å²) in [5.41, 5.74) is -0.459. The highest BCUT2D eigenvalue weighted by Crippen LogP contribution is 2.36. The molecule has 1 aromatic carbocycles. The molecule has 0 saturated heterocycles. The number of hydrogen-bond acceptors (Lipinski definition) is 4. The number of carbonyl (C=O) groups excluding carboxylic acids is 1. The van der Waals surface area contributed by atoms with Crippen molar-refractivity contribution in [2.24, 2.45) is 0 Å². The summed E-state index contributed by atoms with van der Waals surface area (Å²) in [6.07, 6.45) is -2.64. The van der Waals surface area contributed by atoms with E-state index in [1.807, 2.05) is 0 Å². The maximum Gasteiger partial charge on any atom is 0.417 e. The molecule has 2 amide bonds. The fraction of sp³-hybridized carbons (Fsp3) is 0.353. The van der Waals surface area contributed by atoms with E-state index >= 15 is 0 Å². The van der Waals surface area contributed by atoms with E-state index in [9.17, 15) is 18.0 Å². The number of anilines is 3. The molecule has 6 nitrogen and oxygen atoms in total. The molecule has 3 N–H and O–H groups in total. The Labute approximate surface area is 159 Å². The minimum atomic E-state index is -4.62. The van der Waals surface area contributed by atoms with E-state index < -0.39 is 22.8 Å². The van der Waals surface area contributed by atoms with Crippen molar-refractivity contribution >= 4 is 35.1 Å². The van der Waals surface area contributed by atoms with Gasteiger partial charge in [-0.2, -0.15) is 18.2 Å². The molecule has 2 aromatic rings. The predicted molar refractivity (Wildman–Crippen MR) is 99.3 cm³/mol. The second-order valence-electron chi connectivity index (χ2n) is 5.77. The Bertz CT molecular complexity index is 814. The number of aryl methyl sites for hydroxylation is 1. The van der Waals surface area contributed by atoms with Gasteiger partial charge in [-0.25, -0.2) is 9.78 Å². The van der Waals surface area contributed by atoms with Gasteiger partial charge in [0.15, 0.2) is 0 Å². The lowest BCUT2D eigenvalue weighted by Gasteiger charge is -2.12. The summed E-state index contributed by atoms with van der Waals surface area (Å²) in [7, 11) is 0. The molecular weight excluding hydrogens is 383 g/mol. The number of halogens is 4. The Balaban J connectivity index is 2.08. The number of unbranched alkanes of at least 4 members (excludes halogenated alkanes) is 1. The van der Waals surface area contributed by atoms with Crippen molar-refractivity contribution in [3.8, 4) is 0 Å². The van der Waals surface area contributed by atoms with Crippen molar-refractivity contribution in [1.29, 1.82) is 0 Å². The first-order valence-electron chi connectivity index (χ1n) is 8.23. The number of urea groups is 1. The van der Waals surface area contributed by atoms with Gasteiger partial charge in [0.2, 0.25) is 5.95 Å². The van der Waals surface area contributed by atoms with E-state index in [4.69, 9.17) is 11.6 Å². The van der Waals surface area contributed by atoms with Gasteiger partial charge in [-0.3, -0.25) is 5.32 Å². The van der Waals surface area contributed by atoms with Crippen molar-refractivity contribution < 1.29 is 18.0 Å². The van der Waals surface area contributed by atoms with Gasteiger partial charge in [0, 0.05) is 24.0 Å². The largest absolute Gasteiger partial charge is 0.417 e. The van der Waals surface area contributed by atoms with Crippen LogP contribution in [0.1, 0.15) is 31.0 Å². The molecule has 27 heavy (non-hydrogen) atoms. The molecule has 0 saturated carbocycles. The van der Waals surface area contributed by atoms with Crippen LogP contribution in [0.25, 0.3) is 0 Å². The van der Waals surface area contributed by atoms with Gasteiger partial charge in [-0.15, -0.1) is 0 Å². The van der Waals surface area contributed by atoms with Crippen LogP contribution >= 0.6 is 11.6 Å². The topological polar surface area (TPSA) is 78.9 Å². The van der Waals surface area contributed by atoms with Crippen molar-refractivity contribution in [1.82, 2.24) is 9.97 Å². The third-order valence-electron chi connectivity index (χ3n) is 3.45. The Kier molecular flexibility index (Phi) is 6.84. The molecule has 0 spiro atoms. The molecule has 0 radical (unpaired) electrons. The molecule has 0 unspecified atom stereocenters. The lowest BCUT2D eigenvalue weighted by atomic mass is 10.2. The highest BCUT2D eigenvalue weighted by molar-refractivity contribution is 6.31. The molecule has 146 valence electrons. The Morgan fingerprint density at radius 3 is 2.59 bits per heavy atom. The highest BCUT2D eigenvalue weighted by Gasteiger charge is 2.33. The fourth-order valence-corrected chi connectivity index (χ4v) is 2.42. The zero-order valence-corrected chi connectivity index (χ0v) is 15.5. The zero-order chi connectivity index (χ0) is 20.0. The predicted octanol–water partition coefficient (Wildman–Crippen LogP) is 5.31. The van der Waals surface area contributed by atoms with Gasteiger partial charge < -0.3 is 10.6 Å². The van der Waals surface area contributed by atoms with E-state index in [1.54, 1.807) is 13.0 Å². The summed E-state index contributed by atoms with van der Waals surface area (Å²) in [5.74, 6) is 0.591. The first-order chi connectivity index (χ1) is 12.7. The summed E-state index contributed by atoms with van der Waals surface area (Å²) in [6, 6.07) is 4.06. The summed E-state index contributed by atoms with van der Waals surface area (Å²) in [5, 5.41) is 7.39. The number of rotatable bonds is 6. The third-order valence-corrected chi connectivity index (χ3v) is 3.78. The normalized spacial score (nSPS) is 11.2. The summed E-state index contributed by atoms with van der Waals surface area (Å²) < 4.78 is 38.7. The lowest BCUT2D eigenvalue weighted by Crippen LogP contribution is -2.22. The summed E-state index contributed by atoms with van der Waals surface area (Å²) in [6.45, 7) is 4.53. The van der Waals surface area contributed by atoms with Crippen molar-refractivity contribution in [2.75, 3.05) is 22.5 Å². The molecule has 0 aliphatic carbocycles. The molecule has 0 bridgehead atoms. The third kappa shape index (κ3) is 6.28. The fourth-order valence-electron chi connectivity index (χ4n) is 2.19. The SMILES string of the molecule is CCCCNc1cc(C)nc(NC(=O)Nc2ccc(Cl)c(C(F)(F)F)c2)n1. The number of nitrogens with zero attached hydrogens (tertiary/aromatic N) is 2. The van der Waals surface area contributed by atoms with Crippen molar-refractivity contribution in [2.45, 2.75) is 32.9 Å². The molecule has 1 heterocycles. The second kappa shape index (κ2) is 8.90. The number of nitrogens with one attached hydrogen (secondary N) is 3. The van der Waals surface area contributed by atoms with E-state index in [0.717, 1.165) is 31.5 Å². The van der Waals surface area contributed by atoms with Crippen LogP contribution in [0.5, 0.6) is 0 Å². The standard InChI is InChI=1S/C17H19ClF3N5O/c1-3-4-7-22-14-8-10(2)23-15(25-14)26-16(27)24-11-5-6-13(18)12(9-11)17(19,20)21/h5-6,8-9H,3-4,7H2,1-2H3,(H3,22,23,24,25,26,27). The number of carbonyl (C=O) groups is 1. The minimum Gasteiger partial charge on any atom is -0.370 e. The zero-order valence-electron chi connectivity index (χ0n) is 14.7. The van der Waals surface area contributed by atoms with Crippen LogP contribution in [0.2, 0.25) is 5.02 Å². The van der Waals surface area contributed by atoms with Crippen LogP contribution in [-0.2, 0) is 6.18 Å². The average Bonchev–Trinajstić information content (AvgIpc) is 2.55. The van der Waals surface area contributed by atoms with Crippen LogP contribution in [-0.4, -0.2) is 22.5 Å². The number of aromatic nitrogens is 2. The van der Waals surface area contributed by atoms with Crippen LogP contribution in [0.3, 0.4) is 0 Å². The van der Waals surface area contributed by atoms with E-state index in [2.05, 4.69) is 32.8 Å². The molecule has 2 rings (SSSR count). The Morgan fingerprint density at radius 1 is 1.19 bits per heavy atom. The quantitative estimate of drug-likeness (QED) is 0.573. The first-order valence-corrected chi connectivity index (χ1v) is 8.61. The first kappa shape index (κ1) is 20.8. The van der Waals surface area contributed by atoms with E-state index in [0.29, 0.717) is 11.5 Å².